The van der Waals surface area contributed by atoms with E-state index in [9.17, 15) is 4.79 Å². The molecule has 1 aromatic rings. The summed E-state index contributed by atoms with van der Waals surface area (Å²) in [6, 6.07) is 3.95. The Morgan fingerprint density at radius 2 is 2.31 bits per heavy atom. The topological polar surface area (TPSA) is 41.1 Å². The van der Waals surface area contributed by atoms with E-state index in [-0.39, 0.29) is 5.91 Å². The van der Waals surface area contributed by atoms with Gasteiger partial charge in [-0.05, 0) is 30.5 Å². The lowest BCUT2D eigenvalue weighted by Crippen LogP contribution is -2.30. The number of nitrogens with one attached hydrogen (secondary N) is 2. The van der Waals surface area contributed by atoms with Crippen molar-refractivity contribution in [1.82, 2.24) is 10.6 Å². The third-order valence-electron chi connectivity index (χ3n) is 1.97. The van der Waals surface area contributed by atoms with Crippen LogP contribution in [0.25, 0.3) is 6.08 Å². The standard InChI is InChI=1S/C12H18N2OS/c1-2-7-13-8-9-14-12(15)6-5-11-4-3-10-16-11/h3-6,10,13H,2,7-9H2,1H3,(H,14,15). The summed E-state index contributed by atoms with van der Waals surface area (Å²) >= 11 is 1.62. The first-order valence-corrected chi connectivity index (χ1v) is 6.41. The van der Waals surface area contributed by atoms with E-state index < -0.39 is 0 Å². The Balaban J connectivity index is 2.11. The second-order valence-corrected chi connectivity index (χ2v) is 4.37. The number of hydrogen-bond donors (Lipinski definition) is 2. The molecule has 0 fully saturated rings. The maximum Gasteiger partial charge on any atom is 0.244 e. The van der Waals surface area contributed by atoms with Gasteiger partial charge >= 0.3 is 0 Å². The highest BCUT2D eigenvalue weighted by molar-refractivity contribution is 7.10. The van der Waals surface area contributed by atoms with E-state index >= 15 is 0 Å². The van der Waals surface area contributed by atoms with E-state index in [2.05, 4.69) is 17.6 Å². The average Bonchev–Trinajstić information content (AvgIpc) is 2.79. The van der Waals surface area contributed by atoms with Crippen LogP contribution >= 0.6 is 11.3 Å². The van der Waals surface area contributed by atoms with E-state index in [1.807, 2.05) is 23.6 Å². The molecule has 4 heteroatoms. The van der Waals surface area contributed by atoms with Gasteiger partial charge in [0.15, 0.2) is 0 Å². The Morgan fingerprint density at radius 1 is 1.44 bits per heavy atom. The molecule has 0 aromatic carbocycles. The molecule has 1 amide bonds. The number of carbonyl (C=O) groups excluding carboxylic acids is 1. The minimum atomic E-state index is -0.0355. The fraction of sp³-hybridized carbons (Fsp3) is 0.417. The van der Waals surface area contributed by atoms with Crippen molar-refractivity contribution >= 4 is 23.3 Å². The van der Waals surface area contributed by atoms with Crippen LogP contribution in [0.4, 0.5) is 0 Å². The number of amides is 1. The zero-order valence-electron chi connectivity index (χ0n) is 9.53. The lowest BCUT2D eigenvalue weighted by molar-refractivity contribution is -0.116. The highest BCUT2D eigenvalue weighted by atomic mass is 32.1. The predicted molar refractivity (Wildman–Crippen MR) is 69.5 cm³/mol. The van der Waals surface area contributed by atoms with Gasteiger partial charge in [0, 0.05) is 24.0 Å². The number of carbonyl (C=O) groups is 1. The Labute approximate surface area is 101 Å². The average molecular weight is 238 g/mol. The molecule has 2 N–H and O–H groups in total. The lowest BCUT2D eigenvalue weighted by Gasteiger charge is -2.03. The molecule has 16 heavy (non-hydrogen) atoms. The fourth-order valence-corrected chi connectivity index (χ4v) is 1.80. The summed E-state index contributed by atoms with van der Waals surface area (Å²) in [6.07, 6.45) is 4.53. The van der Waals surface area contributed by atoms with Crippen LogP contribution in [-0.4, -0.2) is 25.5 Å². The minimum absolute atomic E-state index is 0.0355. The summed E-state index contributed by atoms with van der Waals surface area (Å²) in [5, 5.41) is 8.04. The minimum Gasteiger partial charge on any atom is -0.351 e. The third kappa shape index (κ3) is 5.68. The van der Waals surface area contributed by atoms with Gasteiger partial charge in [-0.3, -0.25) is 4.79 Å². The summed E-state index contributed by atoms with van der Waals surface area (Å²) in [4.78, 5) is 12.4. The van der Waals surface area contributed by atoms with E-state index in [4.69, 9.17) is 0 Å². The van der Waals surface area contributed by atoms with Gasteiger partial charge in [-0.1, -0.05) is 13.0 Å². The largest absolute Gasteiger partial charge is 0.351 e. The quantitative estimate of drug-likeness (QED) is 0.562. The molecule has 0 aliphatic heterocycles. The Kier molecular flexibility index (Phi) is 6.53. The van der Waals surface area contributed by atoms with Gasteiger partial charge in [-0.25, -0.2) is 0 Å². The van der Waals surface area contributed by atoms with Gasteiger partial charge < -0.3 is 10.6 Å². The lowest BCUT2D eigenvalue weighted by atomic mass is 10.4. The molecule has 0 atom stereocenters. The Hall–Kier alpha value is -1.13. The van der Waals surface area contributed by atoms with Crippen molar-refractivity contribution in [3.05, 3.63) is 28.5 Å². The maximum absolute atomic E-state index is 11.3. The molecule has 3 nitrogen and oxygen atoms in total. The summed E-state index contributed by atoms with van der Waals surface area (Å²) in [6.45, 7) is 4.62. The van der Waals surface area contributed by atoms with Gasteiger partial charge in [0.1, 0.15) is 0 Å². The molecule has 0 unspecified atom stereocenters. The van der Waals surface area contributed by atoms with Crippen LogP contribution in [0.15, 0.2) is 23.6 Å². The van der Waals surface area contributed by atoms with E-state index in [0.29, 0.717) is 6.54 Å². The summed E-state index contributed by atoms with van der Waals surface area (Å²) in [5.41, 5.74) is 0. The molecule has 0 bridgehead atoms. The molecule has 0 spiro atoms. The van der Waals surface area contributed by atoms with Crippen LogP contribution < -0.4 is 10.6 Å². The smallest absolute Gasteiger partial charge is 0.244 e. The molecule has 0 aliphatic carbocycles. The summed E-state index contributed by atoms with van der Waals surface area (Å²) in [5.74, 6) is -0.0355. The van der Waals surface area contributed by atoms with Gasteiger partial charge in [-0.2, -0.15) is 0 Å². The molecular formula is C12H18N2OS. The number of hydrogen-bond acceptors (Lipinski definition) is 3. The molecule has 0 aliphatic rings. The van der Waals surface area contributed by atoms with Crippen molar-refractivity contribution in [1.29, 1.82) is 0 Å². The predicted octanol–water partition coefficient (Wildman–Crippen LogP) is 1.88. The van der Waals surface area contributed by atoms with Gasteiger partial charge in [0.05, 0.1) is 0 Å². The van der Waals surface area contributed by atoms with Crippen LogP contribution in [0, 0.1) is 0 Å². The van der Waals surface area contributed by atoms with Crippen molar-refractivity contribution in [2.24, 2.45) is 0 Å². The van der Waals surface area contributed by atoms with Crippen molar-refractivity contribution in [2.75, 3.05) is 19.6 Å². The van der Waals surface area contributed by atoms with Crippen LogP contribution in [0.5, 0.6) is 0 Å². The van der Waals surface area contributed by atoms with Crippen molar-refractivity contribution in [2.45, 2.75) is 13.3 Å². The van der Waals surface area contributed by atoms with Crippen LogP contribution in [0.3, 0.4) is 0 Å². The first-order valence-electron chi connectivity index (χ1n) is 5.53. The summed E-state index contributed by atoms with van der Waals surface area (Å²) < 4.78 is 0. The third-order valence-corrected chi connectivity index (χ3v) is 2.81. The second kappa shape index (κ2) is 8.07. The summed E-state index contributed by atoms with van der Waals surface area (Å²) in [7, 11) is 0. The van der Waals surface area contributed by atoms with Gasteiger partial charge in [0.2, 0.25) is 5.91 Å². The van der Waals surface area contributed by atoms with Crippen molar-refractivity contribution < 1.29 is 4.79 Å². The van der Waals surface area contributed by atoms with Gasteiger partial charge in [-0.15, -0.1) is 11.3 Å². The number of thiophene rings is 1. The molecular weight excluding hydrogens is 220 g/mol. The number of rotatable bonds is 7. The SMILES string of the molecule is CCCNCCNC(=O)C=Cc1cccs1. The Morgan fingerprint density at radius 3 is 3.00 bits per heavy atom. The molecule has 0 radical (unpaired) electrons. The molecule has 0 saturated heterocycles. The van der Waals surface area contributed by atoms with E-state index in [1.54, 1.807) is 17.4 Å². The first-order chi connectivity index (χ1) is 7.83. The molecule has 0 saturated carbocycles. The van der Waals surface area contributed by atoms with E-state index in [1.165, 1.54) is 0 Å². The Bertz CT molecular complexity index is 320. The van der Waals surface area contributed by atoms with E-state index in [0.717, 1.165) is 24.4 Å². The zero-order valence-corrected chi connectivity index (χ0v) is 10.3. The molecule has 1 rings (SSSR count). The zero-order chi connectivity index (χ0) is 11.6. The molecule has 1 heterocycles. The second-order valence-electron chi connectivity index (χ2n) is 3.39. The molecule has 1 aromatic heterocycles. The van der Waals surface area contributed by atoms with Crippen LogP contribution in [0.2, 0.25) is 0 Å². The highest BCUT2D eigenvalue weighted by Gasteiger charge is 1.94. The van der Waals surface area contributed by atoms with Gasteiger partial charge in [0.25, 0.3) is 0 Å². The monoisotopic (exact) mass is 238 g/mol. The van der Waals surface area contributed by atoms with Crippen molar-refractivity contribution in [3.8, 4) is 0 Å². The normalized spacial score (nSPS) is 10.8. The van der Waals surface area contributed by atoms with Crippen molar-refractivity contribution in [3.63, 3.8) is 0 Å². The highest BCUT2D eigenvalue weighted by Crippen LogP contribution is 2.09. The van der Waals surface area contributed by atoms with Crippen LogP contribution in [-0.2, 0) is 4.79 Å². The molecule has 88 valence electrons. The van der Waals surface area contributed by atoms with Crippen LogP contribution in [0.1, 0.15) is 18.2 Å². The fourth-order valence-electron chi connectivity index (χ4n) is 1.18. The first kappa shape index (κ1) is 12.9. The maximum atomic E-state index is 11.3.